The fourth-order valence-electron chi connectivity index (χ4n) is 6.83. The van der Waals surface area contributed by atoms with Gasteiger partial charge in [0.2, 0.25) is 17.9 Å². The number of Topliss-reactive ketones (excluding diaryl/α,β-unsaturated/α-hetero) is 1. The molecule has 252 valence electrons. The first-order valence-electron chi connectivity index (χ1n) is 15.5. The van der Waals surface area contributed by atoms with Crippen molar-refractivity contribution in [2.45, 2.75) is 63.1 Å². The smallest absolute Gasteiger partial charge is 0.447 e. The molecule has 2 saturated heterocycles. The van der Waals surface area contributed by atoms with Gasteiger partial charge in [-0.3, -0.25) is 28.7 Å². The second-order valence-electron chi connectivity index (χ2n) is 12.1. The highest BCUT2D eigenvalue weighted by atomic mass is 19.4. The number of nitrogens with zero attached hydrogens (tertiary/aromatic N) is 1. The summed E-state index contributed by atoms with van der Waals surface area (Å²) < 4.78 is 62.7. The van der Waals surface area contributed by atoms with Crippen LogP contribution in [0.25, 0.3) is 0 Å². The van der Waals surface area contributed by atoms with Crippen LogP contribution in [0.4, 0.5) is 17.6 Å². The number of carbonyl (C=O) groups excluding carboxylic acids is 5. The largest absolute Gasteiger partial charge is 0.522 e. The first-order valence-corrected chi connectivity index (χ1v) is 15.5. The zero-order valence-electron chi connectivity index (χ0n) is 25.3. The summed E-state index contributed by atoms with van der Waals surface area (Å²) in [5.74, 6) is -5.96. The van der Waals surface area contributed by atoms with Crippen LogP contribution in [0.3, 0.4) is 0 Å². The molecular weight excluding hydrogens is 626 g/mol. The highest BCUT2D eigenvalue weighted by Gasteiger charge is 2.52. The molecule has 0 radical (unpaired) electrons. The second-order valence-corrected chi connectivity index (χ2v) is 12.1. The number of alkyl halides is 3. The van der Waals surface area contributed by atoms with Gasteiger partial charge in [0.05, 0.1) is 12.5 Å². The molecule has 2 aromatic carbocycles. The maximum Gasteiger partial charge on any atom is 0.522 e. The van der Waals surface area contributed by atoms with Gasteiger partial charge in [-0.1, -0.05) is 55.0 Å². The number of esters is 1. The Morgan fingerprint density at radius 2 is 1.72 bits per heavy atom. The summed E-state index contributed by atoms with van der Waals surface area (Å²) in [7, 11) is 0. The third-order valence-electron chi connectivity index (χ3n) is 9.06. The van der Waals surface area contributed by atoms with Crippen molar-refractivity contribution in [3.8, 4) is 0 Å². The van der Waals surface area contributed by atoms with Crippen molar-refractivity contribution < 1.29 is 51.0 Å². The average Bonchev–Trinajstić information content (AvgIpc) is 3.75. The van der Waals surface area contributed by atoms with Gasteiger partial charge in [-0.05, 0) is 49.1 Å². The number of benzene rings is 2. The number of likely N-dealkylation sites (tertiary alicyclic amines) is 1. The molecule has 3 aliphatic rings. The highest BCUT2D eigenvalue weighted by Crippen LogP contribution is 2.43. The van der Waals surface area contributed by atoms with E-state index in [4.69, 9.17) is 4.74 Å². The van der Waals surface area contributed by atoms with Crippen molar-refractivity contribution in [1.82, 2.24) is 15.5 Å². The number of ether oxygens (including phenoxy) is 2. The number of fused-ring (bicyclic) bond motifs is 1. The minimum absolute atomic E-state index is 0.0869. The molecule has 0 spiro atoms. The lowest BCUT2D eigenvalue weighted by Gasteiger charge is -2.31. The highest BCUT2D eigenvalue weighted by molar-refractivity contribution is 5.95. The van der Waals surface area contributed by atoms with E-state index < -0.39 is 72.4 Å². The van der Waals surface area contributed by atoms with E-state index in [2.05, 4.69) is 15.4 Å². The summed E-state index contributed by atoms with van der Waals surface area (Å²) in [6.45, 7) is -0.981. The number of nitrogens with one attached hydrogen (secondary N) is 2. The Morgan fingerprint density at radius 3 is 2.40 bits per heavy atom. The van der Waals surface area contributed by atoms with Crippen molar-refractivity contribution in [2.75, 3.05) is 19.7 Å². The van der Waals surface area contributed by atoms with Crippen LogP contribution in [-0.2, 0) is 39.9 Å². The minimum atomic E-state index is -5.10. The number of ketones is 1. The lowest BCUT2D eigenvalue weighted by atomic mass is 9.92. The van der Waals surface area contributed by atoms with Crippen molar-refractivity contribution in [3.63, 3.8) is 0 Å². The summed E-state index contributed by atoms with van der Waals surface area (Å²) in [6.07, 6.45) is -4.99. The Bertz CT molecular complexity index is 1490. The molecule has 2 aliphatic heterocycles. The SMILES string of the molecule is O=C(Cc1ccccc1)O[C@@H](C(=O)N1C[C@@H]2CCC[C@@H]2[C@H]1C(=O)N[C@@H](C[C@@H]1CCNC1=O)C(=O)COC(F)(F)F)c1ccccc1F. The number of amides is 3. The molecule has 2 heterocycles. The molecule has 1 saturated carbocycles. The molecule has 6 atom stereocenters. The van der Waals surface area contributed by atoms with E-state index in [1.807, 2.05) is 0 Å². The predicted molar refractivity (Wildman–Crippen MR) is 156 cm³/mol. The molecule has 1 aliphatic carbocycles. The van der Waals surface area contributed by atoms with Gasteiger partial charge in [-0.2, -0.15) is 0 Å². The molecular formula is C33H35F4N3O7. The second kappa shape index (κ2) is 14.6. The third kappa shape index (κ3) is 8.34. The Balaban J connectivity index is 1.40. The van der Waals surface area contributed by atoms with Crippen LogP contribution in [0, 0.1) is 23.6 Å². The first kappa shape index (κ1) is 34.0. The molecule has 2 N–H and O–H groups in total. The lowest BCUT2D eigenvalue weighted by molar-refractivity contribution is -0.321. The lowest BCUT2D eigenvalue weighted by Crippen LogP contribution is -2.54. The maximum absolute atomic E-state index is 15.1. The van der Waals surface area contributed by atoms with Crippen molar-refractivity contribution in [3.05, 3.63) is 71.5 Å². The number of hydrogen-bond donors (Lipinski definition) is 2. The molecule has 10 nitrogen and oxygen atoms in total. The number of hydrogen-bond acceptors (Lipinski definition) is 7. The Morgan fingerprint density at radius 1 is 1.00 bits per heavy atom. The molecule has 3 fully saturated rings. The van der Waals surface area contributed by atoms with E-state index in [-0.39, 0.29) is 36.8 Å². The zero-order chi connectivity index (χ0) is 33.7. The van der Waals surface area contributed by atoms with Crippen molar-refractivity contribution in [1.29, 1.82) is 0 Å². The minimum Gasteiger partial charge on any atom is -0.447 e. The fourth-order valence-corrected chi connectivity index (χ4v) is 6.83. The van der Waals surface area contributed by atoms with Gasteiger partial charge < -0.3 is 20.3 Å². The third-order valence-corrected chi connectivity index (χ3v) is 9.06. The van der Waals surface area contributed by atoms with Gasteiger partial charge in [-0.15, -0.1) is 13.2 Å². The van der Waals surface area contributed by atoms with Gasteiger partial charge in [0.25, 0.3) is 5.91 Å². The van der Waals surface area contributed by atoms with Gasteiger partial charge in [0, 0.05) is 24.6 Å². The standard InChI is InChI=1S/C33H35F4N3O7/c34-24-12-5-4-10-23(24)29(47-27(42)15-19-7-2-1-3-8-19)32(45)40-17-21-9-6-11-22(21)28(40)31(44)39-25(16-20-13-14-38-30(20)43)26(41)18-46-33(35,36)37/h1-5,7-8,10,12,20-22,25,28-29H,6,9,11,13-18H2,(H,38,43)(H,39,44)/t20-,21-,22-,25-,28-,29+/m0/s1. The Kier molecular flexibility index (Phi) is 10.6. The van der Waals surface area contributed by atoms with E-state index in [0.29, 0.717) is 31.4 Å². The van der Waals surface area contributed by atoms with Gasteiger partial charge in [0.15, 0.2) is 5.78 Å². The van der Waals surface area contributed by atoms with Crippen molar-refractivity contribution >= 4 is 29.5 Å². The van der Waals surface area contributed by atoms with E-state index in [0.717, 1.165) is 12.5 Å². The fraction of sp³-hybridized carbons (Fsp3) is 0.485. The summed E-state index contributed by atoms with van der Waals surface area (Å²) in [5.41, 5.74) is 0.395. The monoisotopic (exact) mass is 661 g/mol. The summed E-state index contributed by atoms with van der Waals surface area (Å²) >= 11 is 0. The predicted octanol–water partition coefficient (Wildman–Crippen LogP) is 3.40. The van der Waals surface area contributed by atoms with E-state index in [9.17, 15) is 37.1 Å². The van der Waals surface area contributed by atoms with Crippen molar-refractivity contribution in [2.24, 2.45) is 17.8 Å². The topological polar surface area (TPSA) is 131 Å². The van der Waals surface area contributed by atoms with Crippen LogP contribution in [-0.4, -0.2) is 72.5 Å². The van der Waals surface area contributed by atoms with E-state index >= 15 is 4.39 Å². The Hall–Kier alpha value is -4.33. The van der Waals surface area contributed by atoms with Crippen LogP contribution in [0.1, 0.15) is 49.3 Å². The number of rotatable bonds is 12. The molecule has 0 unspecified atom stereocenters. The van der Waals surface area contributed by atoms with Gasteiger partial charge in [-0.25, -0.2) is 4.39 Å². The summed E-state index contributed by atoms with van der Waals surface area (Å²) in [6, 6.07) is 11.2. The zero-order valence-corrected chi connectivity index (χ0v) is 25.3. The summed E-state index contributed by atoms with van der Waals surface area (Å²) in [5, 5.41) is 5.11. The normalized spacial score (nSPS) is 23.5. The van der Waals surface area contributed by atoms with Gasteiger partial charge >= 0.3 is 12.3 Å². The molecule has 0 aromatic heterocycles. The van der Waals surface area contributed by atoms with Crippen LogP contribution in [0.2, 0.25) is 0 Å². The summed E-state index contributed by atoms with van der Waals surface area (Å²) in [4.78, 5) is 67.6. The number of carbonyl (C=O) groups is 5. The van der Waals surface area contributed by atoms with E-state index in [1.165, 1.54) is 23.1 Å². The Labute approximate surface area is 268 Å². The molecule has 3 amide bonds. The molecule has 0 bridgehead atoms. The van der Waals surface area contributed by atoms with Crippen LogP contribution in [0.5, 0.6) is 0 Å². The average molecular weight is 662 g/mol. The van der Waals surface area contributed by atoms with E-state index in [1.54, 1.807) is 30.3 Å². The van der Waals surface area contributed by atoms with Gasteiger partial charge in [0.1, 0.15) is 18.5 Å². The van der Waals surface area contributed by atoms with Crippen LogP contribution in [0.15, 0.2) is 54.6 Å². The maximum atomic E-state index is 15.1. The van der Waals surface area contributed by atoms with Crippen LogP contribution < -0.4 is 10.6 Å². The number of halogens is 4. The molecule has 14 heteroatoms. The quantitative estimate of drug-likeness (QED) is 0.264. The first-order chi connectivity index (χ1) is 22.4. The molecule has 5 rings (SSSR count). The molecule has 47 heavy (non-hydrogen) atoms. The molecule has 2 aromatic rings. The van der Waals surface area contributed by atoms with Crippen LogP contribution >= 0.6 is 0 Å².